The second-order valence-electron chi connectivity index (χ2n) is 5.14. The molecular formula is C17H16N2O4S. The van der Waals surface area contributed by atoms with Crippen LogP contribution in [-0.4, -0.2) is 20.1 Å². The number of nitriles is 1. The number of nitrogens with one attached hydrogen (secondary N) is 1. The Morgan fingerprint density at radius 3 is 2.33 bits per heavy atom. The number of hydroxylamine groups is 1. The Balaban J connectivity index is 1.82. The molecule has 0 saturated carbocycles. The van der Waals surface area contributed by atoms with Crippen LogP contribution in [0.1, 0.15) is 16.7 Å². The third kappa shape index (κ3) is 5.83. The number of sulfone groups is 1. The summed E-state index contributed by atoms with van der Waals surface area (Å²) < 4.78 is 24.0. The lowest BCUT2D eigenvalue weighted by atomic mass is 10.2. The van der Waals surface area contributed by atoms with Gasteiger partial charge < -0.3 is 0 Å². The monoisotopic (exact) mass is 344 g/mol. The molecule has 0 aliphatic carbocycles. The van der Waals surface area contributed by atoms with Crippen molar-refractivity contribution in [1.82, 2.24) is 5.48 Å². The highest BCUT2D eigenvalue weighted by atomic mass is 32.2. The van der Waals surface area contributed by atoms with Crippen molar-refractivity contribution in [2.75, 3.05) is 5.75 Å². The summed E-state index contributed by atoms with van der Waals surface area (Å²) in [6.07, 6.45) is 0. The highest BCUT2D eigenvalue weighted by Crippen LogP contribution is 2.08. The summed E-state index contributed by atoms with van der Waals surface area (Å²) in [5.74, 6) is -1.66. The minimum absolute atomic E-state index is 0.155. The topological polar surface area (TPSA) is 96.3 Å². The average Bonchev–Trinajstić information content (AvgIpc) is 2.55. The van der Waals surface area contributed by atoms with E-state index in [0.717, 1.165) is 5.56 Å². The molecule has 0 unspecified atom stereocenters. The van der Waals surface area contributed by atoms with Crippen molar-refractivity contribution in [3.05, 3.63) is 71.3 Å². The Kier molecular flexibility index (Phi) is 6.07. The molecule has 0 aliphatic heterocycles. The van der Waals surface area contributed by atoms with Crippen LogP contribution in [0.15, 0.2) is 54.6 Å². The summed E-state index contributed by atoms with van der Waals surface area (Å²) in [5.41, 5.74) is 3.96. The largest absolute Gasteiger partial charge is 0.272 e. The zero-order valence-electron chi connectivity index (χ0n) is 12.8. The van der Waals surface area contributed by atoms with E-state index in [1.165, 1.54) is 12.1 Å². The van der Waals surface area contributed by atoms with Crippen LogP contribution in [-0.2, 0) is 31.8 Å². The Labute approximate surface area is 140 Å². The van der Waals surface area contributed by atoms with Crippen molar-refractivity contribution in [3.8, 4) is 6.07 Å². The van der Waals surface area contributed by atoms with E-state index in [-0.39, 0.29) is 12.4 Å². The van der Waals surface area contributed by atoms with E-state index in [0.29, 0.717) is 11.1 Å². The SMILES string of the molecule is N#Cc1ccc(CS(=O)(=O)CC(=O)NOCc2ccccc2)cc1. The lowest BCUT2D eigenvalue weighted by Crippen LogP contribution is -2.30. The first-order valence-corrected chi connectivity index (χ1v) is 8.95. The highest BCUT2D eigenvalue weighted by molar-refractivity contribution is 7.91. The molecule has 6 nitrogen and oxygen atoms in total. The van der Waals surface area contributed by atoms with E-state index >= 15 is 0 Å². The van der Waals surface area contributed by atoms with Crippen molar-refractivity contribution in [3.63, 3.8) is 0 Å². The number of amides is 1. The molecule has 124 valence electrons. The first-order valence-electron chi connectivity index (χ1n) is 7.12. The van der Waals surface area contributed by atoms with Crippen LogP contribution in [0.5, 0.6) is 0 Å². The Bertz CT molecular complexity index is 825. The highest BCUT2D eigenvalue weighted by Gasteiger charge is 2.17. The van der Waals surface area contributed by atoms with E-state index in [1.54, 1.807) is 12.1 Å². The van der Waals surface area contributed by atoms with Crippen molar-refractivity contribution in [1.29, 1.82) is 5.26 Å². The second kappa shape index (κ2) is 8.24. The van der Waals surface area contributed by atoms with Gasteiger partial charge in [-0.2, -0.15) is 5.26 Å². The van der Waals surface area contributed by atoms with Gasteiger partial charge in [-0.25, -0.2) is 13.9 Å². The molecule has 0 heterocycles. The number of nitrogens with zero attached hydrogens (tertiary/aromatic N) is 1. The second-order valence-corrected chi connectivity index (χ2v) is 7.20. The van der Waals surface area contributed by atoms with Gasteiger partial charge in [0.1, 0.15) is 5.75 Å². The summed E-state index contributed by atoms with van der Waals surface area (Å²) in [7, 11) is -3.62. The van der Waals surface area contributed by atoms with Gasteiger partial charge >= 0.3 is 0 Å². The van der Waals surface area contributed by atoms with Crippen LogP contribution in [0, 0.1) is 11.3 Å². The van der Waals surface area contributed by atoms with Gasteiger partial charge in [0.25, 0.3) is 5.91 Å². The Morgan fingerprint density at radius 1 is 1.04 bits per heavy atom. The standard InChI is InChI=1S/C17H16N2O4S/c18-10-14-6-8-16(9-7-14)12-24(21,22)13-17(20)19-23-11-15-4-2-1-3-5-15/h1-9H,11-13H2,(H,19,20). The van der Waals surface area contributed by atoms with E-state index in [9.17, 15) is 13.2 Å². The maximum Gasteiger partial charge on any atom is 0.258 e. The van der Waals surface area contributed by atoms with Crippen LogP contribution in [0.4, 0.5) is 0 Å². The fraction of sp³-hybridized carbons (Fsp3) is 0.176. The summed E-state index contributed by atoms with van der Waals surface area (Å²) in [6, 6.07) is 17.3. The van der Waals surface area contributed by atoms with Gasteiger partial charge in [-0.15, -0.1) is 0 Å². The zero-order valence-corrected chi connectivity index (χ0v) is 13.6. The van der Waals surface area contributed by atoms with Gasteiger partial charge in [0.2, 0.25) is 0 Å². The van der Waals surface area contributed by atoms with Gasteiger partial charge in [0.15, 0.2) is 9.84 Å². The normalized spacial score (nSPS) is 10.8. The van der Waals surface area contributed by atoms with Gasteiger partial charge in [0, 0.05) is 0 Å². The Morgan fingerprint density at radius 2 is 1.71 bits per heavy atom. The van der Waals surface area contributed by atoms with Crippen LogP contribution in [0.25, 0.3) is 0 Å². The minimum atomic E-state index is -3.62. The molecule has 0 bridgehead atoms. The Hall–Kier alpha value is -2.69. The van der Waals surface area contributed by atoms with Gasteiger partial charge in [0.05, 0.1) is 24.0 Å². The molecule has 2 aromatic carbocycles. The van der Waals surface area contributed by atoms with Crippen LogP contribution in [0.2, 0.25) is 0 Å². The molecule has 0 aliphatic rings. The lowest BCUT2D eigenvalue weighted by Gasteiger charge is -2.07. The maximum absolute atomic E-state index is 12.0. The molecule has 0 aromatic heterocycles. The molecule has 0 fully saturated rings. The molecule has 0 spiro atoms. The molecule has 2 rings (SSSR count). The van der Waals surface area contributed by atoms with E-state index in [4.69, 9.17) is 10.1 Å². The summed E-state index contributed by atoms with van der Waals surface area (Å²) in [6.45, 7) is 0.155. The lowest BCUT2D eigenvalue weighted by molar-refractivity contribution is -0.131. The number of carbonyl (C=O) groups is 1. The van der Waals surface area contributed by atoms with Crippen molar-refractivity contribution < 1.29 is 18.0 Å². The average molecular weight is 344 g/mol. The number of hydrogen-bond acceptors (Lipinski definition) is 5. The number of carbonyl (C=O) groups excluding carboxylic acids is 1. The van der Waals surface area contributed by atoms with Crippen molar-refractivity contribution >= 4 is 15.7 Å². The number of benzene rings is 2. The fourth-order valence-corrected chi connectivity index (χ4v) is 3.24. The van der Waals surface area contributed by atoms with Crippen LogP contribution >= 0.6 is 0 Å². The fourth-order valence-electron chi connectivity index (χ4n) is 1.98. The first kappa shape index (κ1) is 17.7. The number of hydrogen-bond donors (Lipinski definition) is 1. The number of rotatable bonds is 7. The maximum atomic E-state index is 12.0. The quantitative estimate of drug-likeness (QED) is 0.772. The van der Waals surface area contributed by atoms with Crippen LogP contribution in [0.3, 0.4) is 0 Å². The third-order valence-corrected chi connectivity index (χ3v) is 4.56. The zero-order chi connectivity index (χ0) is 17.4. The summed E-state index contributed by atoms with van der Waals surface area (Å²) in [4.78, 5) is 16.7. The summed E-state index contributed by atoms with van der Waals surface area (Å²) in [5, 5.41) is 8.71. The smallest absolute Gasteiger partial charge is 0.258 e. The molecule has 1 amide bonds. The van der Waals surface area contributed by atoms with Crippen LogP contribution < -0.4 is 5.48 Å². The molecule has 7 heteroatoms. The van der Waals surface area contributed by atoms with Crippen molar-refractivity contribution in [2.24, 2.45) is 0 Å². The predicted molar refractivity (Wildman–Crippen MR) is 88.0 cm³/mol. The molecule has 24 heavy (non-hydrogen) atoms. The van der Waals surface area contributed by atoms with E-state index in [1.807, 2.05) is 36.4 Å². The van der Waals surface area contributed by atoms with Gasteiger partial charge in [-0.05, 0) is 23.3 Å². The van der Waals surface area contributed by atoms with E-state index in [2.05, 4.69) is 5.48 Å². The molecule has 2 aromatic rings. The van der Waals surface area contributed by atoms with Crippen molar-refractivity contribution in [2.45, 2.75) is 12.4 Å². The van der Waals surface area contributed by atoms with Gasteiger partial charge in [-0.1, -0.05) is 42.5 Å². The molecule has 0 atom stereocenters. The summed E-state index contributed by atoms with van der Waals surface area (Å²) >= 11 is 0. The first-order chi connectivity index (χ1) is 11.5. The van der Waals surface area contributed by atoms with Gasteiger partial charge in [-0.3, -0.25) is 9.63 Å². The minimum Gasteiger partial charge on any atom is -0.272 e. The van der Waals surface area contributed by atoms with E-state index < -0.39 is 21.5 Å². The molecule has 0 saturated heterocycles. The molecule has 1 N–H and O–H groups in total. The molecule has 0 radical (unpaired) electrons. The molecular weight excluding hydrogens is 328 g/mol. The third-order valence-electron chi connectivity index (χ3n) is 3.09. The predicted octanol–water partition coefficient (Wildman–Crippen LogP) is 1.72.